The molecule has 1 aliphatic heterocycles. The summed E-state index contributed by atoms with van der Waals surface area (Å²) >= 11 is 0. The number of nitrogens with two attached hydrogens (primary N) is 1. The number of anilines is 1. The number of phosphoric acid groups is 2. The molecule has 0 radical (unpaired) electrons. The zero-order valence-corrected chi connectivity index (χ0v) is 42.3. The lowest BCUT2D eigenvalue weighted by Crippen LogP contribution is -2.36. The largest absolute Gasteiger partial charge is 0.481 e. The third-order valence-electron chi connectivity index (χ3n) is 10.8. The van der Waals surface area contributed by atoms with Crippen molar-refractivity contribution in [1.82, 2.24) is 9.55 Å². The maximum atomic E-state index is 12.9. The van der Waals surface area contributed by atoms with Crippen molar-refractivity contribution < 1.29 is 76.5 Å². The van der Waals surface area contributed by atoms with Gasteiger partial charge in [0.1, 0.15) is 30.7 Å². The topological polar surface area (TPSA) is 306 Å². The molecule has 1 fully saturated rings. The quantitative estimate of drug-likeness (QED) is 0.0149. The van der Waals surface area contributed by atoms with Gasteiger partial charge in [0.2, 0.25) is 0 Å². The second kappa shape index (κ2) is 34.9. The number of esters is 2. The van der Waals surface area contributed by atoms with E-state index in [9.17, 15) is 53.7 Å². The average Bonchev–Trinajstić information content (AvgIpc) is 3.56. The van der Waals surface area contributed by atoms with E-state index in [1.807, 2.05) is 18.2 Å². The summed E-state index contributed by atoms with van der Waals surface area (Å²) in [6, 6.07) is 1.23. The van der Waals surface area contributed by atoms with Gasteiger partial charge in [0.25, 0.3) is 0 Å². The highest BCUT2D eigenvalue weighted by Crippen LogP contribution is 2.60. The van der Waals surface area contributed by atoms with Crippen LogP contribution in [0.15, 0.2) is 65.7 Å². The minimum Gasteiger partial charge on any atom is -0.462 e. The van der Waals surface area contributed by atoms with E-state index < -0.39 is 95.9 Å². The van der Waals surface area contributed by atoms with E-state index in [2.05, 4.69) is 54.4 Å². The van der Waals surface area contributed by atoms with Crippen molar-refractivity contribution in [2.75, 3.05) is 25.6 Å². The number of aliphatic hydroxyl groups is 4. The highest BCUT2D eigenvalue weighted by atomic mass is 31.3. The molecule has 69 heavy (non-hydrogen) atoms. The molecule has 9 atom stereocenters. The Morgan fingerprint density at radius 1 is 0.768 bits per heavy atom. The normalized spacial score (nSPS) is 20.8. The highest BCUT2D eigenvalue weighted by Gasteiger charge is 2.46. The average molecular weight is 1020 g/mol. The number of aromatic nitrogens is 2. The fraction of sp³-hybridized carbons (Fsp3) is 0.702. The summed E-state index contributed by atoms with van der Waals surface area (Å²) in [5.41, 5.74) is 4.55. The number of hydrogen-bond donors (Lipinski definition) is 7. The molecule has 1 aliphatic rings. The van der Waals surface area contributed by atoms with E-state index in [1.165, 1.54) is 38.2 Å². The SMILES string of the molecule is CC/C=C\C/C=C\C/C=C\C/C=C\C[C@@H](O)[C@H](O)CCCC(=O)O[C@H](COC(=O)CCCCCCCCCCCC(C)C)COP(=O)(O)OP(=O)(O)OC[C@H]1O[C@@H](n2ccc(N)nc2=O)[C@H](O)[C@@H]1O. The van der Waals surface area contributed by atoms with Crippen LogP contribution in [0.5, 0.6) is 0 Å². The molecule has 2 heterocycles. The van der Waals surface area contributed by atoms with Crippen LogP contribution in [0.2, 0.25) is 0 Å². The first-order chi connectivity index (χ1) is 32.8. The molecule has 2 unspecified atom stereocenters. The first-order valence-electron chi connectivity index (χ1n) is 24.2. The number of nitrogen functional groups attached to an aromatic ring is 1. The second-order valence-corrected chi connectivity index (χ2v) is 20.4. The van der Waals surface area contributed by atoms with Crippen LogP contribution in [0.1, 0.15) is 149 Å². The van der Waals surface area contributed by atoms with E-state index >= 15 is 0 Å². The number of hydrogen-bond acceptors (Lipinski definition) is 17. The maximum Gasteiger partial charge on any atom is 0.481 e. The Morgan fingerprint density at radius 2 is 1.33 bits per heavy atom. The molecule has 20 nitrogen and oxygen atoms in total. The Balaban J connectivity index is 1.89. The van der Waals surface area contributed by atoms with E-state index in [4.69, 9.17) is 29.0 Å². The Morgan fingerprint density at radius 3 is 1.94 bits per heavy atom. The van der Waals surface area contributed by atoms with Gasteiger partial charge in [-0.05, 0) is 63.4 Å². The Kier molecular flexibility index (Phi) is 31.2. The van der Waals surface area contributed by atoms with Gasteiger partial charge in [-0.25, -0.2) is 13.9 Å². The van der Waals surface area contributed by atoms with Crippen LogP contribution in [0.4, 0.5) is 5.82 Å². The fourth-order valence-corrected chi connectivity index (χ4v) is 9.05. The second-order valence-electron chi connectivity index (χ2n) is 17.4. The van der Waals surface area contributed by atoms with Gasteiger partial charge >= 0.3 is 33.3 Å². The Hall–Kier alpha value is -3.36. The summed E-state index contributed by atoms with van der Waals surface area (Å²) < 4.78 is 56.4. The van der Waals surface area contributed by atoms with Crippen molar-refractivity contribution in [1.29, 1.82) is 0 Å². The van der Waals surface area contributed by atoms with Crippen LogP contribution >= 0.6 is 15.6 Å². The molecule has 0 aliphatic carbocycles. The molecule has 1 aromatic rings. The summed E-state index contributed by atoms with van der Waals surface area (Å²) in [5, 5.41) is 41.8. The van der Waals surface area contributed by atoms with E-state index in [-0.39, 0.29) is 37.9 Å². The summed E-state index contributed by atoms with van der Waals surface area (Å²) in [4.78, 5) is 61.8. The van der Waals surface area contributed by atoms with Crippen molar-refractivity contribution in [3.63, 3.8) is 0 Å². The smallest absolute Gasteiger partial charge is 0.462 e. The van der Waals surface area contributed by atoms with Crippen LogP contribution in [-0.4, -0.2) is 108 Å². The Labute approximate surface area is 406 Å². The number of carbonyl (C=O) groups is 2. The van der Waals surface area contributed by atoms with Crippen molar-refractivity contribution in [3.05, 3.63) is 71.4 Å². The fourth-order valence-electron chi connectivity index (χ4n) is 6.94. The molecule has 0 amide bonds. The number of carbonyl (C=O) groups excluding carboxylic acids is 2. The Bertz CT molecular complexity index is 1890. The van der Waals surface area contributed by atoms with Gasteiger partial charge in [0.15, 0.2) is 12.3 Å². The summed E-state index contributed by atoms with van der Waals surface area (Å²) in [5.74, 6) is -0.884. The van der Waals surface area contributed by atoms with Crippen LogP contribution < -0.4 is 11.4 Å². The molecule has 22 heteroatoms. The molecule has 0 spiro atoms. The van der Waals surface area contributed by atoms with Gasteiger partial charge in [-0.3, -0.25) is 23.2 Å². The van der Waals surface area contributed by atoms with Crippen molar-refractivity contribution >= 4 is 33.4 Å². The number of phosphoric ester groups is 2. The molecular weight excluding hydrogens is 940 g/mol. The third-order valence-corrected chi connectivity index (χ3v) is 13.4. The van der Waals surface area contributed by atoms with Crippen LogP contribution in [0, 0.1) is 5.92 Å². The van der Waals surface area contributed by atoms with E-state index in [1.54, 1.807) is 6.08 Å². The van der Waals surface area contributed by atoms with Gasteiger partial charge in [-0.15, -0.1) is 0 Å². The highest BCUT2D eigenvalue weighted by molar-refractivity contribution is 7.61. The molecule has 1 aromatic heterocycles. The van der Waals surface area contributed by atoms with Gasteiger partial charge < -0.3 is 50.2 Å². The van der Waals surface area contributed by atoms with Crippen molar-refractivity contribution in [2.45, 2.75) is 186 Å². The molecule has 394 valence electrons. The first-order valence-corrected chi connectivity index (χ1v) is 27.2. The van der Waals surface area contributed by atoms with Gasteiger partial charge in [0.05, 0.1) is 25.4 Å². The maximum absolute atomic E-state index is 12.9. The minimum atomic E-state index is -5.50. The number of nitrogens with zero attached hydrogens (tertiary/aromatic N) is 2. The molecule has 0 bridgehead atoms. The lowest BCUT2D eigenvalue weighted by Gasteiger charge is -2.22. The summed E-state index contributed by atoms with van der Waals surface area (Å²) in [6.45, 7) is 3.99. The number of ether oxygens (including phenoxy) is 3. The zero-order valence-electron chi connectivity index (χ0n) is 40.5. The standard InChI is InChI=1S/C47H79N3O17P2/c1-4-5-6-7-8-9-10-11-14-17-20-23-27-38(51)39(52)28-25-30-43(54)65-37(33-62-42(53)29-24-21-18-15-12-13-16-19-22-26-36(2)3)34-63-68(58,59)67-69(60,61)64-35-40-44(55)45(56)46(66-40)50-32-31-41(48)49-47(50)57/h5-6,8-9,11,14,20,23,31-32,36-40,44-46,51-52,55-56H,4,7,10,12-13,15-19,21-22,24-30,33-35H2,1-3H3,(H,58,59)(H,60,61)(H2,48,49,57)/b6-5-,9-8-,14-11-,23-20-/t37-,38-,39-,40-,44-,45-,46-/m1/s1. The monoisotopic (exact) mass is 1020 g/mol. The number of allylic oxidation sites excluding steroid dienone is 7. The zero-order chi connectivity index (χ0) is 51.1. The predicted octanol–water partition coefficient (Wildman–Crippen LogP) is 7.18. The van der Waals surface area contributed by atoms with Crippen molar-refractivity contribution in [2.24, 2.45) is 5.92 Å². The number of rotatable bonds is 38. The van der Waals surface area contributed by atoms with E-state index in [0.717, 1.165) is 61.6 Å². The van der Waals surface area contributed by atoms with Crippen LogP contribution in [-0.2, 0) is 46.3 Å². The minimum absolute atomic E-state index is 0.0311. The summed E-state index contributed by atoms with van der Waals surface area (Å²) in [6.07, 6.45) is 21.0. The van der Waals surface area contributed by atoms with Gasteiger partial charge in [-0.2, -0.15) is 9.29 Å². The molecule has 0 saturated carbocycles. The molecule has 0 aromatic carbocycles. The van der Waals surface area contributed by atoms with Crippen LogP contribution in [0.3, 0.4) is 0 Å². The number of unbranched alkanes of at least 4 members (excludes halogenated alkanes) is 8. The first kappa shape index (κ1) is 61.8. The van der Waals surface area contributed by atoms with Crippen molar-refractivity contribution in [3.8, 4) is 0 Å². The molecule has 8 N–H and O–H groups in total. The molecular formula is C47H79N3O17P2. The lowest BCUT2D eigenvalue weighted by molar-refractivity contribution is -0.161. The lowest BCUT2D eigenvalue weighted by atomic mass is 10.0. The van der Waals surface area contributed by atoms with E-state index in [0.29, 0.717) is 12.8 Å². The van der Waals surface area contributed by atoms with Gasteiger partial charge in [-0.1, -0.05) is 127 Å². The molecule has 2 rings (SSSR count). The number of aliphatic hydroxyl groups excluding tert-OH is 4. The van der Waals surface area contributed by atoms with Crippen LogP contribution in [0.25, 0.3) is 0 Å². The molecule has 1 saturated heterocycles. The summed E-state index contributed by atoms with van der Waals surface area (Å²) in [7, 11) is -11.0. The predicted molar refractivity (Wildman–Crippen MR) is 259 cm³/mol. The third kappa shape index (κ3) is 28.3. The van der Waals surface area contributed by atoms with Gasteiger partial charge in [0, 0.05) is 19.0 Å².